The molecule has 1 aromatic carbocycles. The summed E-state index contributed by atoms with van der Waals surface area (Å²) >= 11 is 0. The van der Waals surface area contributed by atoms with E-state index in [1.54, 1.807) is 13.1 Å². The predicted molar refractivity (Wildman–Crippen MR) is 93.9 cm³/mol. The Hall–Kier alpha value is -2.63. The molecule has 0 saturated heterocycles. The molecule has 1 aromatic rings. The van der Waals surface area contributed by atoms with Crippen molar-refractivity contribution in [3.05, 3.63) is 42.1 Å². The number of hydrogen-bond donors (Lipinski definition) is 0. The average Bonchev–Trinajstić information content (AvgIpc) is 2.56. The Kier molecular flexibility index (Phi) is 5.96. The molecule has 0 spiro atoms. The number of carbonyl (C=O) groups is 3. The van der Waals surface area contributed by atoms with E-state index >= 15 is 0 Å². The highest BCUT2D eigenvalue weighted by atomic mass is 16.5. The molecule has 1 atom stereocenters. The van der Waals surface area contributed by atoms with Crippen LogP contribution >= 0.6 is 0 Å². The topological polar surface area (TPSA) is 66.9 Å². The monoisotopic (exact) mass is 344 g/mol. The molecule has 6 heteroatoms. The molecular weight excluding hydrogens is 320 g/mol. The van der Waals surface area contributed by atoms with Crippen LogP contribution in [-0.2, 0) is 19.1 Å². The molecule has 0 radical (unpaired) electrons. The molecule has 1 aliphatic heterocycles. The number of benzene rings is 1. The second-order valence-corrected chi connectivity index (χ2v) is 6.22. The number of rotatable bonds is 5. The van der Waals surface area contributed by atoms with Gasteiger partial charge in [-0.2, -0.15) is 0 Å². The molecule has 1 aliphatic rings. The Morgan fingerprint density at radius 1 is 1.20 bits per heavy atom. The summed E-state index contributed by atoms with van der Waals surface area (Å²) in [6.45, 7) is 6.98. The summed E-state index contributed by atoms with van der Waals surface area (Å²) in [5.41, 5.74) is 1.28. The van der Waals surface area contributed by atoms with Crippen LogP contribution in [0.5, 0.6) is 0 Å². The average molecular weight is 344 g/mol. The second-order valence-electron chi connectivity index (χ2n) is 6.22. The lowest BCUT2D eigenvalue weighted by Gasteiger charge is -2.40. The van der Waals surface area contributed by atoms with Crippen molar-refractivity contribution in [1.29, 1.82) is 0 Å². The van der Waals surface area contributed by atoms with Crippen molar-refractivity contribution >= 4 is 23.5 Å². The Morgan fingerprint density at radius 3 is 2.36 bits per heavy atom. The van der Waals surface area contributed by atoms with E-state index in [2.05, 4.69) is 0 Å². The molecule has 2 amide bonds. The molecule has 0 unspecified atom stereocenters. The van der Waals surface area contributed by atoms with Crippen LogP contribution in [-0.4, -0.2) is 46.8 Å². The van der Waals surface area contributed by atoms with Gasteiger partial charge in [0.25, 0.3) is 5.91 Å². The van der Waals surface area contributed by atoms with Crippen molar-refractivity contribution in [3.8, 4) is 0 Å². The van der Waals surface area contributed by atoms with Gasteiger partial charge in [-0.25, -0.2) is 0 Å². The maximum atomic E-state index is 13.1. The largest absolute Gasteiger partial charge is 0.465 e. The first-order valence-corrected chi connectivity index (χ1v) is 8.40. The zero-order valence-electron chi connectivity index (χ0n) is 15.1. The van der Waals surface area contributed by atoms with Gasteiger partial charge in [-0.05, 0) is 18.4 Å². The molecule has 6 nitrogen and oxygen atoms in total. The lowest BCUT2D eigenvalue weighted by Crippen LogP contribution is -2.55. The first kappa shape index (κ1) is 18.7. The molecule has 0 saturated carbocycles. The van der Waals surface area contributed by atoms with Gasteiger partial charge in [0.15, 0.2) is 0 Å². The molecule has 1 heterocycles. The van der Waals surface area contributed by atoms with Crippen molar-refractivity contribution < 1.29 is 19.1 Å². The Morgan fingerprint density at radius 2 is 1.84 bits per heavy atom. The minimum Gasteiger partial charge on any atom is -0.465 e. The number of carbonyl (C=O) groups excluding carboxylic acids is 3. The summed E-state index contributed by atoms with van der Waals surface area (Å²) in [6, 6.07) is 8.59. The third-order valence-corrected chi connectivity index (χ3v) is 4.03. The third-order valence-electron chi connectivity index (χ3n) is 4.03. The van der Waals surface area contributed by atoms with E-state index in [0.29, 0.717) is 5.70 Å². The van der Waals surface area contributed by atoms with Gasteiger partial charge in [0.2, 0.25) is 5.91 Å². The van der Waals surface area contributed by atoms with Crippen molar-refractivity contribution in [2.45, 2.75) is 33.7 Å². The Labute approximate surface area is 148 Å². The van der Waals surface area contributed by atoms with E-state index in [1.807, 2.05) is 44.2 Å². The number of esters is 1. The molecule has 25 heavy (non-hydrogen) atoms. The van der Waals surface area contributed by atoms with E-state index in [4.69, 9.17) is 4.74 Å². The van der Waals surface area contributed by atoms with E-state index in [0.717, 1.165) is 5.56 Å². The predicted octanol–water partition coefficient (Wildman–Crippen LogP) is 2.26. The third kappa shape index (κ3) is 4.07. The van der Waals surface area contributed by atoms with Crippen LogP contribution in [0.1, 0.15) is 33.3 Å². The molecule has 2 rings (SSSR count). The molecule has 0 aliphatic carbocycles. The Balaban J connectivity index is 2.51. The number of amides is 2. The minimum absolute atomic E-state index is 0.0883. The summed E-state index contributed by atoms with van der Waals surface area (Å²) in [5, 5.41) is 0. The first-order valence-electron chi connectivity index (χ1n) is 8.40. The van der Waals surface area contributed by atoms with Gasteiger partial charge in [0, 0.05) is 13.1 Å². The normalized spacial score (nSPS) is 17.6. The van der Waals surface area contributed by atoms with Gasteiger partial charge in [-0.15, -0.1) is 0 Å². The van der Waals surface area contributed by atoms with Gasteiger partial charge < -0.3 is 9.64 Å². The first-order chi connectivity index (χ1) is 11.9. The van der Waals surface area contributed by atoms with Crippen molar-refractivity contribution in [1.82, 2.24) is 9.80 Å². The van der Waals surface area contributed by atoms with E-state index in [9.17, 15) is 14.4 Å². The minimum atomic E-state index is -0.639. The molecular formula is C19H24N2O4. The van der Waals surface area contributed by atoms with Crippen LogP contribution in [0.3, 0.4) is 0 Å². The van der Waals surface area contributed by atoms with Gasteiger partial charge in [0.1, 0.15) is 12.6 Å². The fraction of sp³-hybridized carbons (Fsp3) is 0.421. The zero-order valence-corrected chi connectivity index (χ0v) is 15.1. The van der Waals surface area contributed by atoms with E-state index in [-0.39, 0.29) is 30.9 Å². The fourth-order valence-electron chi connectivity index (χ4n) is 2.91. The Bertz CT molecular complexity index is 682. The summed E-state index contributed by atoms with van der Waals surface area (Å²) in [4.78, 5) is 40.0. The van der Waals surface area contributed by atoms with Crippen LogP contribution in [0.15, 0.2) is 36.5 Å². The van der Waals surface area contributed by atoms with Crippen LogP contribution in [0.4, 0.5) is 0 Å². The fourth-order valence-corrected chi connectivity index (χ4v) is 2.91. The highest BCUT2D eigenvalue weighted by molar-refractivity contribution is 5.98. The smallest absolute Gasteiger partial charge is 0.326 e. The van der Waals surface area contributed by atoms with Crippen LogP contribution < -0.4 is 0 Å². The van der Waals surface area contributed by atoms with Gasteiger partial charge >= 0.3 is 5.97 Å². The maximum absolute atomic E-state index is 13.1. The lowest BCUT2D eigenvalue weighted by atomic mass is 9.97. The van der Waals surface area contributed by atoms with Crippen molar-refractivity contribution in [2.75, 3.05) is 13.2 Å². The number of ether oxygens (including phenoxy) is 1. The number of nitrogens with zero attached hydrogens (tertiary/aromatic N) is 2. The van der Waals surface area contributed by atoms with Crippen LogP contribution in [0, 0.1) is 5.92 Å². The van der Waals surface area contributed by atoms with Crippen molar-refractivity contribution in [2.24, 2.45) is 5.92 Å². The van der Waals surface area contributed by atoms with Crippen LogP contribution in [0.2, 0.25) is 0 Å². The quantitative estimate of drug-likeness (QED) is 0.769. The standard InChI is InChI=1S/C19H24N2O4/c1-5-25-17(23)12-21-16(15-9-7-6-8-10-15)11-20(14(4)22)18(13(2)3)19(21)24/h6-11,13,18H,5,12H2,1-4H3/t18-/m0/s1. The van der Waals surface area contributed by atoms with Crippen LogP contribution in [0.25, 0.3) is 5.70 Å². The summed E-state index contributed by atoms with van der Waals surface area (Å²) < 4.78 is 5.01. The zero-order chi connectivity index (χ0) is 18.6. The highest BCUT2D eigenvalue weighted by Crippen LogP contribution is 2.29. The highest BCUT2D eigenvalue weighted by Gasteiger charge is 2.40. The van der Waals surface area contributed by atoms with Crippen molar-refractivity contribution in [3.63, 3.8) is 0 Å². The molecule has 0 bridgehead atoms. The molecule has 134 valence electrons. The summed E-state index contributed by atoms with van der Waals surface area (Å²) in [7, 11) is 0. The summed E-state index contributed by atoms with van der Waals surface area (Å²) in [6.07, 6.45) is 1.66. The maximum Gasteiger partial charge on any atom is 0.326 e. The van der Waals surface area contributed by atoms with Gasteiger partial charge in [0.05, 0.1) is 12.3 Å². The molecule has 0 aromatic heterocycles. The van der Waals surface area contributed by atoms with Gasteiger partial charge in [-0.1, -0.05) is 44.2 Å². The lowest BCUT2D eigenvalue weighted by molar-refractivity contribution is -0.150. The summed E-state index contributed by atoms with van der Waals surface area (Å²) in [5.74, 6) is -1.05. The molecule has 0 fully saturated rings. The number of hydrogen-bond acceptors (Lipinski definition) is 4. The van der Waals surface area contributed by atoms with E-state index in [1.165, 1.54) is 16.7 Å². The molecule has 0 N–H and O–H groups in total. The van der Waals surface area contributed by atoms with E-state index < -0.39 is 12.0 Å². The second kappa shape index (κ2) is 7.96. The van der Waals surface area contributed by atoms with Gasteiger partial charge in [-0.3, -0.25) is 19.3 Å². The SMILES string of the molecule is CCOC(=O)CN1C(=O)[C@H](C(C)C)N(C(C)=O)C=C1c1ccccc1.